The number of hydrogen-bond acceptors (Lipinski definition) is 4. The minimum absolute atomic E-state index is 0. The number of carbonyl (C=O) groups excluding carboxylic acids is 1. The van der Waals surface area contributed by atoms with E-state index in [2.05, 4.69) is 24.0 Å². The number of ketones is 1. The first kappa shape index (κ1) is 20.0. The third kappa shape index (κ3) is 5.33. The fourth-order valence-electron chi connectivity index (χ4n) is 2.50. The first-order valence-electron chi connectivity index (χ1n) is 7.94. The number of aliphatic imine (C=N–C) groups is 1. The highest BCUT2D eigenvalue weighted by molar-refractivity contribution is 8.93. The van der Waals surface area contributed by atoms with Crippen molar-refractivity contribution in [3.05, 3.63) is 64.7 Å². The zero-order valence-corrected chi connectivity index (χ0v) is 17.2. The van der Waals surface area contributed by atoms with E-state index >= 15 is 0 Å². The van der Waals surface area contributed by atoms with E-state index < -0.39 is 0 Å². The molecule has 0 fully saturated rings. The number of anilines is 1. The molecular weight excluding hydrogens is 420 g/mol. The molecular formula is C19H20BrClN2OS. The molecule has 0 aromatic heterocycles. The predicted molar refractivity (Wildman–Crippen MR) is 114 cm³/mol. The Bertz CT molecular complexity index is 764. The molecule has 1 heterocycles. The molecule has 2 aromatic carbocycles. The van der Waals surface area contributed by atoms with Gasteiger partial charge >= 0.3 is 0 Å². The fourth-order valence-corrected chi connectivity index (χ4v) is 3.66. The van der Waals surface area contributed by atoms with Crippen LogP contribution in [0.1, 0.15) is 22.3 Å². The summed E-state index contributed by atoms with van der Waals surface area (Å²) >= 11 is 7.72. The zero-order valence-electron chi connectivity index (χ0n) is 13.9. The number of Topliss-reactive ketones (excluding diaryl/α,β-unsaturated/α-hetero) is 1. The Hall–Kier alpha value is -1.30. The van der Waals surface area contributed by atoms with E-state index in [0.29, 0.717) is 10.6 Å². The van der Waals surface area contributed by atoms with Gasteiger partial charge in [-0.25, -0.2) is 0 Å². The third-order valence-corrected chi connectivity index (χ3v) is 5.14. The van der Waals surface area contributed by atoms with Crippen LogP contribution in [0.15, 0.2) is 53.5 Å². The zero-order chi connectivity index (χ0) is 16.9. The summed E-state index contributed by atoms with van der Waals surface area (Å²) in [7, 11) is 0. The molecule has 0 radical (unpaired) electrons. The van der Waals surface area contributed by atoms with Crippen molar-refractivity contribution in [1.82, 2.24) is 0 Å². The van der Waals surface area contributed by atoms with Gasteiger partial charge in [0.05, 0.1) is 6.54 Å². The second-order valence-corrected chi connectivity index (χ2v) is 7.22. The summed E-state index contributed by atoms with van der Waals surface area (Å²) < 4.78 is 0. The molecule has 0 atom stereocenters. The van der Waals surface area contributed by atoms with Gasteiger partial charge in [0, 0.05) is 28.6 Å². The molecule has 6 heteroatoms. The Balaban J connectivity index is 0.00000225. The molecule has 0 amide bonds. The van der Waals surface area contributed by atoms with Gasteiger partial charge in [-0.3, -0.25) is 9.79 Å². The van der Waals surface area contributed by atoms with Crippen LogP contribution < -0.4 is 4.90 Å². The molecule has 0 N–H and O–H groups in total. The van der Waals surface area contributed by atoms with Crippen LogP contribution in [0.5, 0.6) is 0 Å². The Morgan fingerprint density at radius 3 is 2.64 bits per heavy atom. The SMILES string of the molecule is Br.Cc1ccc(N(CC(=O)c2cccc(Cl)c2)C2=NCCCS2)cc1. The Morgan fingerprint density at radius 1 is 1.24 bits per heavy atom. The number of nitrogens with zero attached hydrogens (tertiary/aromatic N) is 2. The monoisotopic (exact) mass is 438 g/mol. The van der Waals surface area contributed by atoms with Crippen LogP contribution in [0.2, 0.25) is 5.02 Å². The van der Waals surface area contributed by atoms with Gasteiger partial charge in [0.15, 0.2) is 11.0 Å². The molecule has 1 aliphatic heterocycles. The molecule has 0 saturated heterocycles. The van der Waals surface area contributed by atoms with Crippen molar-refractivity contribution in [3.63, 3.8) is 0 Å². The van der Waals surface area contributed by atoms with Crippen LogP contribution in [-0.4, -0.2) is 29.8 Å². The van der Waals surface area contributed by atoms with Crippen molar-refractivity contribution in [3.8, 4) is 0 Å². The van der Waals surface area contributed by atoms with Crippen molar-refractivity contribution >= 4 is 57.0 Å². The van der Waals surface area contributed by atoms with E-state index in [-0.39, 0.29) is 29.3 Å². The average molecular weight is 440 g/mol. The lowest BCUT2D eigenvalue weighted by atomic mass is 10.1. The number of hydrogen-bond donors (Lipinski definition) is 0. The second-order valence-electron chi connectivity index (χ2n) is 5.72. The van der Waals surface area contributed by atoms with E-state index in [4.69, 9.17) is 11.6 Å². The van der Waals surface area contributed by atoms with Gasteiger partial charge in [0.1, 0.15) is 0 Å². The van der Waals surface area contributed by atoms with Crippen LogP contribution in [0.25, 0.3) is 0 Å². The summed E-state index contributed by atoms with van der Waals surface area (Å²) in [6.45, 7) is 3.13. The van der Waals surface area contributed by atoms with E-state index in [9.17, 15) is 4.79 Å². The quantitative estimate of drug-likeness (QED) is 0.597. The molecule has 0 saturated carbocycles. The van der Waals surface area contributed by atoms with E-state index in [0.717, 1.165) is 29.6 Å². The summed E-state index contributed by atoms with van der Waals surface area (Å²) in [6.07, 6.45) is 1.08. The van der Waals surface area contributed by atoms with Crippen LogP contribution in [0.4, 0.5) is 5.69 Å². The van der Waals surface area contributed by atoms with Crippen molar-refractivity contribution < 1.29 is 4.79 Å². The van der Waals surface area contributed by atoms with Crippen molar-refractivity contribution in [2.75, 3.05) is 23.7 Å². The highest BCUT2D eigenvalue weighted by Gasteiger charge is 2.20. The molecule has 3 nitrogen and oxygen atoms in total. The predicted octanol–water partition coefficient (Wildman–Crippen LogP) is 5.41. The highest BCUT2D eigenvalue weighted by atomic mass is 79.9. The van der Waals surface area contributed by atoms with Gasteiger partial charge in [-0.15, -0.1) is 17.0 Å². The lowest BCUT2D eigenvalue weighted by molar-refractivity contribution is 0.100. The number of carbonyl (C=O) groups is 1. The topological polar surface area (TPSA) is 32.7 Å². The van der Waals surface area contributed by atoms with Crippen LogP contribution in [0, 0.1) is 6.92 Å². The number of amidine groups is 1. The molecule has 0 aliphatic carbocycles. The third-order valence-electron chi connectivity index (χ3n) is 3.81. The van der Waals surface area contributed by atoms with Gasteiger partial charge in [-0.05, 0) is 37.6 Å². The maximum atomic E-state index is 12.7. The molecule has 2 aromatic rings. The summed E-state index contributed by atoms with van der Waals surface area (Å²) in [4.78, 5) is 19.4. The van der Waals surface area contributed by atoms with E-state index in [1.54, 1.807) is 36.0 Å². The number of benzene rings is 2. The van der Waals surface area contributed by atoms with Gasteiger partial charge in [0.25, 0.3) is 0 Å². The molecule has 0 bridgehead atoms. The van der Waals surface area contributed by atoms with Crippen LogP contribution >= 0.6 is 40.3 Å². The van der Waals surface area contributed by atoms with Crippen molar-refractivity contribution in [2.24, 2.45) is 4.99 Å². The van der Waals surface area contributed by atoms with Crippen LogP contribution in [0.3, 0.4) is 0 Å². The van der Waals surface area contributed by atoms with E-state index in [1.807, 2.05) is 17.0 Å². The smallest absolute Gasteiger partial charge is 0.182 e. The van der Waals surface area contributed by atoms with Gasteiger partial charge < -0.3 is 4.90 Å². The standard InChI is InChI=1S/C19H19ClN2OS.BrH/c1-14-6-8-17(9-7-14)22(19-21-10-3-11-24-19)13-18(23)15-4-2-5-16(20)12-15;/h2,4-9,12H,3,10-11,13H2,1H3;1H. The number of aryl methyl sites for hydroxylation is 1. The van der Waals surface area contributed by atoms with Crippen molar-refractivity contribution in [1.29, 1.82) is 0 Å². The molecule has 0 spiro atoms. The lowest BCUT2D eigenvalue weighted by Crippen LogP contribution is -2.35. The van der Waals surface area contributed by atoms with Gasteiger partial charge in [0.2, 0.25) is 0 Å². The van der Waals surface area contributed by atoms with Gasteiger partial charge in [-0.1, -0.05) is 53.2 Å². The Kier molecular flexibility index (Phi) is 7.54. The molecule has 3 rings (SSSR count). The summed E-state index contributed by atoms with van der Waals surface area (Å²) in [5.41, 5.74) is 2.81. The molecule has 25 heavy (non-hydrogen) atoms. The Morgan fingerprint density at radius 2 is 2.00 bits per heavy atom. The maximum Gasteiger partial charge on any atom is 0.182 e. The number of rotatable bonds is 4. The molecule has 0 unspecified atom stereocenters. The largest absolute Gasteiger partial charge is 0.313 e. The highest BCUT2D eigenvalue weighted by Crippen LogP contribution is 2.24. The second kappa shape index (κ2) is 9.41. The first-order chi connectivity index (χ1) is 11.6. The Labute approximate surface area is 168 Å². The number of thioether (sulfide) groups is 1. The minimum atomic E-state index is 0. The van der Waals surface area contributed by atoms with Crippen LogP contribution in [-0.2, 0) is 0 Å². The van der Waals surface area contributed by atoms with Gasteiger partial charge in [-0.2, -0.15) is 0 Å². The maximum absolute atomic E-state index is 12.7. The average Bonchev–Trinajstić information content (AvgIpc) is 2.61. The minimum Gasteiger partial charge on any atom is -0.313 e. The normalized spacial score (nSPS) is 13.6. The lowest BCUT2D eigenvalue weighted by Gasteiger charge is -2.27. The fraction of sp³-hybridized carbons (Fsp3) is 0.263. The summed E-state index contributed by atoms with van der Waals surface area (Å²) in [5, 5.41) is 1.49. The molecule has 132 valence electrons. The van der Waals surface area contributed by atoms with E-state index in [1.165, 1.54) is 5.56 Å². The molecule has 1 aliphatic rings. The van der Waals surface area contributed by atoms with Crippen molar-refractivity contribution in [2.45, 2.75) is 13.3 Å². The summed E-state index contributed by atoms with van der Waals surface area (Å²) in [6, 6.07) is 15.3. The summed E-state index contributed by atoms with van der Waals surface area (Å²) in [5.74, 6) is 1.07. The first-order valence-corrected chi connectivity index (χ1v) is 9.30. The number of halogens is 2.